The zero-order valence-electron chi connectivity index (χ0n) is 44.4. The summed E-state index contributed by atoms with van der Waals surface area (Å²) in [4.78, 5) is 61.3. The Morgan fingerprint density at radius 3 is 1.62 bits per heavy atom. The minimum atomic E-state index is -0.936. The van der Waals surface area contributed by atoms with Gasteiger partial charge in [-0.05, 0) is 136 Å². The lowest BCUT2D eigenvalue weighted by Crippen LogP contribution is -2.51. The van der Waals surface area contributed by atoms with E-state index < -0.39 is 17.3 Å². The molecule has 19 heteroatoms. The number of rotatable bonds is 5. The van der Waals surface area contributed by atoms with Gasteiger partial charge in [0.05, 0.1) is 41.8 Å². The molecule has 16 nitrogen and oxygen atoms in total. The van der Waals surface area contributed by atoms with E-state index in [9.17, 15) is 19.5 Å². The fraction of sp³-hybridized carbons (Fsp3) is 0.386. The SMILES string of the molecule is CC(C)(C)OC(=O)N1CCN([C@H]2c3ccc(Cl)cc3C(Br)=Cc3cccnc32)CC1.Cc1c(C=O)ncn1C.Cn1cnc(C(O)C2=Cc3cccnc3[C@@H](N3CCN(C(=O)OC(C)(C)C)CC3)c3ccc(Cl)cc32)c1. The van der Waals surface area contributed by atoms with Gasteiger partial charge in [0.2, 0.25) is 0 Å². The summed E-state index contributed by atoms with van der Waals surface area (Å²) in [7, 11) is 3.73. The van der Waals surface area contributed by atoms with Gasteiger partial charge in [-0.1, -0.05) is 63.4 Å². The first-order valence-corrected chi connectivity index (χ1v) is 26.7. The Bertz CT molecular complexity index is 3140. The molecule has 76 heavy (non-hydrogen) atoms. The van der Waals surface area contributed by atoms with Gasteiger partial charge in [-0.3, -0.25) is 24.6 Å². The topological polar surface area (TPSA) is 164 Å². The average molecular weight is 1140 g/mol. The maximum atomic E-state index is 12.7. The molecule has 2 aliphatic heterocycles. The second-order valence-corrected chi connectivity index (χ2v) is 22.9. The number of pyridine rings is 2. The molecule has 4 aromatic heterocycles. The van der Waals surface area contributed by atoms with Crippen LogP contribution < -0.4 is 0 Å². The Kier molecular flexibility index (Phi) is 17.4. The number of hydrogen-bond donors (Lipinski definition) is 1. The van der Waals surface area contributed by atoms with Crippen LogP contribution in [0.1, 0.15) is 126 Å². The molecule has 6 heterocycles. The Morgan fingerprint density at radius 1 is 0.697 bits per heavy atom. The number of aromatic nitrogens is 6. The van der Waals surface area contributed by atoms with Crippen LogP contribution in [-0.4, -0.2) is 136 Å². The molecule has 6 aromatic rings. The van der Waals surface area contributed by atoms with Crippen LogP contribution in [0.4, 0.5) is 9.59 Å². The molecule has 0 spiro atoms. The lowest BCUT2D eigenvalue weighted by molar-refractivity contribution is 0.0109. The second-order valence-electron chi connectivity index (χ2n) is 21.1. The smallest absolute Gasteiger partial charge is 0.410 e. The van der Waals surface area contributed by atoms with Crippen molar-refractivity contribution in [3.05, 3.63) is 164 Å². The summed E-state index contributed by atoms with van der Waals surface area (Å²) < 4.78 is 15.7. The highest BCUT2D eigenvalue weighted by Crippen LogP contribution is 2.45. The van der Waals surface area contributed by atoms with Gasteiger partial charge in [-0.25, -0.2) is 19.6 Å². The van der Waals surface area contributed by atoms with E-state index >= 15 is 0 Å². The predicted octanol–water partition coefficient (Wildman–Crippen LogP) is 10.8. The van der Waals surface area contributed by atoms with Crippen molar-refractivity contribution in [3.8, 4) is 0 Å². The van der Waals surface area contributed by atoms with Crippen LogP contribution in [0.3, 0.4) is 0 Å². The van der Waals surface area contributed by atoms with Crippen molar-refractivity contribution in [3.63, 3.8) is 0 Å². The van der Waals surface area contributed by atoms with Gasteiger partial charge in [0.25, 0.3) is 0 Å². The highest BCUT2D eigenvalue weighted by molar-refractivity contribution is 9.15. The molecule has 2 fully saturated rings. The number of halogens is 3. The number of amides is 2. The van der Waals surface area contributed by atoms with Gasteiger partial charge >= 0.3 is 12.2 Å². The maximum Gasteiger partial charge on any atom is 0.410 e. The van der Waals surface area contributed by atoms with Crippen molar-refractivity contribution >= 4 is 79.8 Å². The number of carbonyl (C=O) groups is 3. The van der Waals surface area contributed by atoms with Gasteiger partial charge in [-0.15, -0.1) is 0 Å². The Balaban J connectivity index is 0.000000175. The third kappa shape index (κ3) is 13.1. The van der Waals surface area contributed by atoms with Crippen LogP contribution in [0, 0.1) is 6.92 Å². The number of aliphatic hydroxyl groups excluding tert-OH is 1. The number of benzene rings is 2. The molecule has 0 saturated carbocycles. The molecular formula is C57H65BrCl2N10O6. The van der Waals surface area contributed by atoms with Gasteiger partial charge in [-0.2, -0.15) is 0 Å². The minimum Gasteiger partial charge on any atom is -0.444 e. The van der Waals surface area contributed by atoms with Crippen LogP contribution in [0.2, 0.25) is 10.0 Å². The summed E-state index contributed by atoms with van der Waals surface area (Å²) >= 11 is 16.5. The number of hydrogen-bond acceptors (Lipinski definition) is 12. The highest BCUT2D eigenvalue weighted by atomic mass is 79.9. The first-order chi connectivity index (χ1) is 36.1. The standard InChI is InChI=1S/C28H32ClN5O3.C23H25BrClN3O2.C6H8N2O/c1-28(2,3)37-27(36)34-12-10-33(11-13-34)25-20-8-7-19(29)15-21(20)22(14-18-6-5-9-30-24(18)25)26(35)23-16-32(4)17-31-23;1-23(2,3)30-22(29)28-11-9-27(10-12-28)21-17-7-6-16(25)14-18(17)19(24)13-15-5-4-8-26-20(15)21;1-5-6(3-9)7-4-8(5)2/h5-9,14-17,25-26,35H,10-13H2,1-4H3;4-8,13-14,21H,9-12H2,1-3H3;3-4H,1-2H3/t25-,26?;21-;/m00./s1. The van der Waals surface area contributed by atoms with Gasteiger partial charge in [0, 0.05) is 105 Å². The number of aryl methyl sites for hydroxylation is 2. The molecule has 1 N–H and O–H groups in total. The largest absolute Gasteiger partial charge is 0.444 e. The summed E-state index contributed by atoms with van der Waals surface area (Å²) in [6, 6.07) is 19.6. The van der Waals surface area contributed by atoms with Crippen LogP contribution >= 0.6 is 39.1 Å². The second kappa shape index (κ2) is 23.6. The van der Waals surface area contributed by atoms with Gasteiger partial charge < -0.3 is 33.5 Å². The van der Waals surface area contributed by atoms with Crippen molar-refractivity contribution in [1.82, 2.24) is 48.7 Å². The Labute approximate surface area is 463 Å². The van der Waals surface area contributed by atoms with Crippen molar-refractivity contribution in [2.75, 3.05) is 52.4 Å². The number of carbonyl (C=O) groups excluding carboxylic acids is 3. The zero-order valence-corrected chi connectivity index (χ0v) is 47.5. The molecule has 3 atom stereocenters. The molecule has 2 amide bonds. The third-order valence-corrected chi connectivity index (χ3v) is 14.5. The summed E-state index contributed by atoms with van der Waals surface area (Å²) in [6.07, 6.45) is 12.1. The molecule has 4 aliphatic rings. The van der Waals surface area contributed by atoms with Gasteiger partial charge in [0.15, 0.2) is 6.29 Å². The number of piperazine rings is 2. The molecule has 0 bridgehead atoms. The summed E-state index contributed by atoms with van der Waals surface area (Å²) in [5.74, 6) is 0. The lowest BCUT2D eigenvalue weighted by Gasteiger charge is -2.40. The van der Waals surface area contributed by atoms with E-state index in [0.717, 1.165) is 79.9 Å². The number of imidazole rings is 2. The molecule has 10 rings (SSSR count). The highest BCUT2D eigenvalue weighted by Gasteiger charge is 2.37. The van der Waals surface area contributed by atoms with E-state index in [-0.39, 0.29) is 24.3 Å². The third-order valence-electron chi connectivity index (χ3n) is 13.4. The Morgan fingerprint density at radius 2 is 1.18 bits per heavy atom. The lowest BCUT2D eigenvalue weighted by atomic mass is 9.91. The van der Waals surface area contributed by atoms with E-state index in [1.807, 2.05) is 139 Å². The zero-order chi connectivity index (χ0) is 54.6. The normalized spacial score (nSPS) is 18.0. The number of aliphatic hydroxyl groups is 1. The first-order valence-electron chi connectivity index (χ1n) is 25.2. The van der Waals surface area contributed by atoms with Crippen LogP contribution in [0.15, 0.2) is 91.9 Å². The van der Waals surface area contributed by atoms with Crippen molar-refractivity contribution in [1.29, 1.82) is 0 Å². The first kappa shape index (κ1) is 56.0. The van der Waals surface area contributed by atoms with E-state index in [0.29, 0.717) is 60.7 Å². The fourth-order valence-electron chi connectivity index (χ4n) is 9.61. The van der Waals surface area contributed by atoms with Crippen LogP contribution in [-0.2, 0) is 23.6 Å². The molecule has 2 aromatic carbocycles. The molecule has 2 saturated heterocycles. The summed E-state index contributed by atoms with van der Waals surface area (Å²) in [5.41, 5.74) is 9.72. The summed E-state index contributed by atoms with van der Waals surface area (Å²) in [6.45, 7) is 18.3. The van der Waals surface area contributed by atoms with Crippen LogP contribution in [0.5, 0.6) is 0 Å². The van der Waals surface area contributed by atoms with Gasteiger partial charge in [0.1, 0.15) is 23.0 Å². The number of ether oxygens (including phenoxy) is 2. The molecule has 0 radical (unpaired) electrons. The average Bonchev–Trinajstić information content (AvgIpc) is 3.91. The maximum absolute atomic E-state index is 12.7. The van der Waals surface area contributed by atoms with E-state index in [4.69, 9.17) is 42.6 Å². The molecule has 2 aliphatic carbocycles. The number of aldehydes is 1. The predicted molar refractivity (Wildman–Crippen MR) is 300 cm³/mol. The minimum absolute atomic E-state index is 0.0134. The molecule has 400 valence electrons. The van der Waals surface area contributed by atoms with Crippen molar-refractivity contribution < 1.29 is 29.0 Å². The number of fused-ring (bicyclic) bond motifs is 4. The molecule has 1 unspecified atom stereocenters. The van der Waals surface area contributed by atoms with E-state index in [1.165, 1.54) is 0 Å². The quantitative estimate of drug-likeness (QED) is 0.163. The monoisotopic (exact) mass is 1130 g/mol. The molecular weight excluding hydrogens is 1070 g/mol. The van der Waals surface area contributed by atoms with E-state index in [2.05, 4.69) is 53.9 Å². The van der Waals surface area contributed by atoms with Crippen LogP contribution in [0.25, 0.3) is 22.2 Å². The van der Waals surface area contributed by atoms with Crippen molar-refractivity contribution in [2.45, 2.75) is 77.9 Å². The Hall–Kier alpha value is -6.21. The number of nitrogens with zero attached hydrogens (tertiary/aromatic N) is 10. The fourth-order valence-corrected chi connectivity index (χ4v) is 10.5. The van der Waals surface area contributed by atoms with E-state index in [1.54, 1.807) is 28.7 Å². The van der Waals surface area contributed by atoms with Crippen molar-refractivity contribution in [2.24, 2.45) is 14.1 Å². The summed E-state index contributed by atoms with van der Waals surface area (Å²) in [5, 5.41) is 12.7.